The van der Waals surface area contributed by atoms with E-state index in [0.29, 0.717) is 17.5 Å². The maximum absolute atomic E-state index is 12.9. The van der Waals surface area contributed by atoms with Crippen molar-refractivity contribution in [2.75, 3.05) is 11.1 Å². The molecule has 0 saturated carbocycles. The Labute approximate surface area is 111 Å². The summed E-state index contributed by atoms with van der Waals surface area (Å²) in [6.07, 6.45) is 0. The molecule has 0 aliphatic carbocycles. The molecule has 0 saturated heterocycles. The lowest BCUT2D eigenvalue weighted by atomic mass is 10.2. The fraction of sp³-hybridized carbons (Fsp3) is 0.286. The number of nitrogens with two attached hydrogens (primary N) is 1. The molecule has 4 nitrogen and oxygen atoms in total. The van der Waals surface area contributed by atoms with Crippen LogP contribution < -0.4 is 11.1 Å². The van der Waals surface area contributed by atoms with Gasteiger partial charge in [0.2, 0.25) is 0 Å². The SMILES string of the molecule is Cc1c(N)nc(C(C)C)nc1Nc1ccc(F)cc1. The predicted molar refractivity (Wildman–Crippen MR) is 75.0 cm³/mol. The van der Waals surface area contributed by atoms with Gasteiger partial charge in [0.15, 0.2) is 0 Å². The fourth-order valence-corrected chi connectivity index (χ4v) is 1.60. The molecule has 0 aliphatic heterocycles. The molecule has 0 spiro atoms. The third-order valence-electron chi connectivity index (χ3n) is 2.82. The second-order valence-electron chi connectivity index (χ2n) is 4.73. The molecule has 0 aliphatic rings. The van der Waals surface area contributed by atoms with E-state index in [1.807, 2.05) is 20.8 Å². The Bertz CT molecular complexity index is 579. The Kier molecular flexibility index (Phi) is 3.64. The number of anilines is 3. The van der Waals surface area contributed by atoms with Crippen molar-refractivity contribution in [2.24, 2.45) is 0 Å². The fourth-order valence-electron chi connectivity index (χ4n) is 1.60. The lowest BCUT2D eigenvalue weighted by Crippen LogP contribution is -2.08. The molecule has 0 fully saturated rings. The number of benzene rings is 1. The first-order valence-electron chi connectivity index (χ1n) is 6.14. The number of nitrogens with one attached hydrogen (secondary N) is 1. The van der Waals surface area contributed by atoms with Crippen LogP contribution in [0.2, 0.25) is 0 Å². The van der Waals surface area contributed by atoms with Crippen molar-refractivity contribution in [3.63, 3.8) is 0 Å². The average molecular weight is 260 g/mol. The molecule has 1 heterocycles. The van der Waals surface area contributed by atoms with Gasteiger partial charge in [-0.1, -0.05) is 13.8 Å². The molecule has 2 rings (SSSR count). The zero-order valence-corrected chi connectivity index (χ0v) is 11.2. The number of halogens is 1. The standard InChI is InChI=1S/C14H17FN4/c1-8(2)13-18-12(16)9(3)14(19-13)17-11-6-4-10(15)5-7-11/h4-8H,1-3H3,(H3,16,17,18,19). The van der Waals surface area contributed by atoms with Crippen molar-refractivity contribution in [1.29, 1.82) is 0 Å². The van der Waals surface area contributed by atoms with Gasteiger partial charge in [-0.05, 0) is 31.2 Å². The quantitative estimate of drug-likeness (QED) is 0.888. The van der Waals surface area contributed by atoms with E-state index < -0.39 is 0 Å². The lowest BCUT2D eigenvalue weighted by Gasteiger charge is -2.13. The Morgan fingerprint density at radius 3 is 2.37 bits per heavy atom. The van der Waals surface area contributed by atoms with E-state index >= 15 is 0 Å². The second-order valence-corrected chi connectivity index (χ2v) is 4.73. The molecule has 19 heavy (non-hydrogen) atoms. The summed E-state index contributed by atoms with van der Waals surface area (Å²) in [7, 11) is 0. The average Bonchev–Trinajstić information content (AvgIpc) is 2.37. The summed E-state index contributed by atoms with van der Waals surface area (Å²) < 4.78 is 12.9. The summed E-state index contributed by atoms with van der Waals surface area (Å²) in [4.78, 5) is 8.71. The van der Waals surface area contributed by atoms with Gasteiger partial charge in [-0.25, -0.2) is 14.4 Å². The Morgan fingerprint density at radius 1 is 1.16 bits per heavy atom. The van der Waals surface area contributed by atoms with E-state index in [1.165, 1.54) is 12.1 Å². The summed E-state index contributed by atoms with van der Waals surface area (Å²) in [5.41, 5.74) is 7.43. The minimum absolute atomic E-state index is 0.191. The first kappa shape index (κ1) is 13.3. The minimum atomic E-state index is -0.271. The maximum Gasteiger partial charge on any atom is 0.139 e. The van der Waals surface area contributed by atoms with Gasteiger partial charge in [0, 0.05) is 17.2 Å². The number of nitrogen functional groups attached to an aromatic ring is 1. The number of aromatic nitrogens is 2. The van der Waals surface area contributed by atoms with E-state index in [4.69, 9.17) is 5.73 Å². The van der Waals surface area contributed by atoms with Crippen LogP contribution in [0.25, 0.3) is 0 Å². The maximum atomic E-state index is 12.9. The smallest absolute Gasteiger partial charge is 0.139 e. The predicted octanol–water partition coefficient (Wildman–Crippen LogP) is 3.37. The molecule has 100 valence electrons. The summed E-state index contributed by atoms with van der Waals surface area (Å²) >= 11 is 0. The van der Waals surface area contributed by atoms with Gasteiger partial charge in [-0.2, -0.15) is 0 Å². The van der Waals surface area contributed by atoms with Gasteiger partial charge in [0.1, 0.15) is 23.3 Å². The summed E-state index contributed by atoms with van der Waals surface area (Å²) in [6.45, 7) is 5.86. The van der Waals surface area contributed by atoms with Crippen LogP contribution in [0.1, 0.15) is 31.2 Å². The van der Waals surface area contributed by atoms with Crippen LogP contribution in [0.15, 0.2) is 24.3 Å². The first-order chi connectivity index (χ1) is 8.97. The molecule has 0 amide bonds. The monoisotopic (exact) mass is 260 g/mol. The molecule has 0 bridgehead atoms. The molecule has 2 aromatic rings. The number of hydrogen-bond donors (Lipinski definition) is 2. The van der Waals surface area contributed by atoms with Crippen molar-refractivity contribution >= 4 is 17.3 Å². The van der Waals surface area contributed by atoms with E-state index in [2.05, 4.69) is 15.3 Å². The second kappa shape index (κ2) is 5.22. The topological polar surface area (TPSA) is 63.8 Å². The zero-order valence-electron chi connectivity index (χ0n) is 11.2. The molecule has 1 aromatic heterocycles. The molecule has 0 radical (unpaired) electrons. The van der Waals surface area contributed by atoms with Gasteiger partial charge in [0.05, 0.1) is 0 Å². The molecule has 3 N–H and O–H groups in total. The number of nitrogens with zero attached hydrogens (tertiary/aromatic N) is 2. The molecule has 1 aromatic carbocycles. The molecule has 5 heteroatoms. The van der Waals surface area contributed by atoms with Crippen LogP contribution in [-0.2, 0) is 0 Å². The van der Waals surface area contributed by atoms with Crippen LogP contribution in [-0.4, -0.2) is 9.97 Å². The van der Waals surface area contributed by atoms with Crippen LogP contribution in [0.3, 0.4) is 0 Å². The first-order valence-corrected chi connectivity index (χ1v) is 6.14. The third kappa shape index (κ3) is 2.99. The highest BCUT2D eigenvalue weighted by Gasteiger charge is 2.11. The third-order valence-corrected chi connectivity index (χ3v) is 2.82. The van der Waals surface area contributed by atoms with E-state index in [9.17, 15) is 4.39 Å². The van der Waals surface area contributed by atoms with Crippen molar-refractivity contribution in [3.05, 3.63) is 41.5 Å². The van der Waals surface area contributed by atoms with Crippen molar-refractivity contribution in [3.8, 4) is 0 Å². The van der Waals surface area contributed by atoms with E-state index in [1.54, 1.807) is 12.1 Å². The van der Waals surface area contributed by atoms with Crippen LogP contribution in [0.5, 0.6) is 0 Å². The highest BCUT2D eigenvalue weighted by Crippen LogP contribution is 2.24. The molecular formula is C14H17FN4. The van der Waals surface area contributed by atoms with Gasteiger partial charge in [-0.15, -0.1) is 0 Å². The van der Waals surface area contributed by atoms with Crippen molar-refractivity contribution < 1.29 is 4.39 Å². The normalized spacial score (nSPS) is 10.8. The Balaban J connectivity index is 2.36. The zero-order chi connectivity index (χ0) is 14.0. The number of rotatable bonds is 3. The van der Waals surface area contributed by atoms with Crippen LogP contribution in [0, 0.1) is 12.7 Å². The molecule has 0 unspecified atom stereocenters. The lowest BCUT2D eigenvalue weighted by molar-refractivity contribution is 0.628. The molecular weight excluding hydrogens is 243 g/mol. The Hall–Kier alpha value is -2.17. The van der Waals surface area contributed by atoms with Gasteiger partial charge < -0.3 is 11.1 Å². The van der Waals surface area contributed by atoms with Crippen molar-refractivity contribution in [1.82, 2.24) is 9.97 Å². The summed E-state index contributed by atoms with van der Waals surface area (Å²) in [6, 6.07) is 6.10. The van der Waals surface area contributed by atoms with Gasteiger partial charge in [-0.3, -0.25) is 0 Å². The van der Waals surface area contributed by atoms with Crippen LogP contribution >= 0.6 is 0 Å². The van der Waals surface area contributed by atoms with Crippen LogP contribution in [0.4, 0.5) is 21.7 Å². The number of hydrogen-bond acceptors (Lipinski definition) is 4. The Morgan fingerprint density at radius 2 is 1.79 bits per heavy atom. The highest BCUT2D eigenvalue weighted by atomic mass is 19.1. The van der Waals surface area contributed by atoms with Crippen molar-refractivity contribution in [2.45, 2.75) is 26.7 Å². The minimum Gasteiger partial charge on any atom is -0.383 e. The van der Waals surface area contributed by atoms with Gasteiger partial charge in [0.25, 0.3) is 0 Å². The van der Waals surface area contributed by atoms with Gasteiger partial charge >= 0.3 is 0 Å². The summed E-state index contributed by atoms with van der Waals surface area (Å²) in [5, 5.41) is 3.14. The van der Waals surface area contributed by atoms with E-state index in [0.717, 1.165) is 11.3 Å². The highest BCUT2D eigenvalue weighted by molar-refractivity contribution is 5.63. The van der Waals surface area contributed by atoms with E-state index in [-0.39, 0.29) is 11.7 Å². The molecule has 0 atom stereocenters. The largest absolute Gasteiger partial charge is 0.383 e. The summed E-state index contributed by atoms with van der Waals surface area (Å²) in [5.74, 6) is 1.72.